The fourth-order valence-corrected chi connectivity index (χ4v) is 2.26. The summed E-state index contributed by atoms with van der Waals surface area (Å²) in [5.74, 6) is -0.115. The molecule has 1 aromatic rings. The molecular weight excluding hydrogens is 228 g/mol. The summed E-state index contributed by atoms with van der Waals surface area (Å²) in [6.07, 6.45) is 0. The lowest BCUT2D eigenvalue weighted by atomic mass is 10.0. The molecule has 4 heteroatoms. The smallest absolute Gasteiger partial charge is 0.254 e. The molecule has 96 valence electrons. The first-order valence-electron chi connectivity index (χ1n) is 6.22. The van der Waals surface area contributed by atoms with Gasteiger partial charge in [0.05, 0.1) is 5.56 Å². The van der Waals surface area contributed by atoms with Crippen LogP contribution in [-0.2, 0) is 0 Å². The van der Waals surface area contributed by atoms with Crippen molar-refractivity contribution in [3.63, 3.8) is 0 Å². The van der Waals surface area contributed by atoms with E-state index in [0.717, 1.165) is 6.54 Å². The molecule has 2 rings (SSSR count). The minimum Gasteiger partial charge on any atom is -0.336 e. The number of rotatable bonds is 2. The molecule has 18 heavy (non-hydrogen) atoms. The first-order chi connectivity index (χ1) is 8.59. The molecule has 1 aliphatic rings. The number of nitrogens with one attached hydrogen (secondary N) is 1. The van der Waals surface area contributed by atoms with Gasteiger partial charge in [0.15, 0.2) is 5.78 Å². The van der Waals surface area contributed by atoms with Gasteiger partial charge < -0.3 is 10.2 Å². The molecule has 0 radical (unpaired) electrons. The van der Waals surface area contributed by atoms with Crippen molar-refractivity contribution in [2.45, 2.75) is 19.9 Å². The third-order valence-corrected chi connectivity index (χ3v) is 3.19. The number of hydrogen-bond donors (Lipinski definition) is 1. The van der Waals surface area contributed by atoms with Gasteiger partial charge in [-0.3, -0.25) is 9.59 Å². The fourth-order valence-electron chi connectivity index (χ4n) is 2.26. The molecule has 4 nitrogen and oxygen atoms in total. The van der Waals surface area contributed by atoms with Crippen molar-refractivity contribution in [3.8, 4) is 0 Å². The van der Waals surface area contributed by atoms with Crippen LogP contribution in [0, 0.1) is 0 Å². The van der Waals surface area contributed by atoms with Crippen LogP contribution in [0.25, 0.3) is 0 Å². The Hall–Kier alpha value is -1.68. The van der Waals surface area contributed by atoms with Crippen LogP contribution in [0.15, 0.2) is 24.3 Å². The van der Waals surface area contributed by atoms with Gasteiger partial charge in [0.1, 0.15) is 0 Å². The van der Waals surface area contributed by atoms with E-state index in [1.54, 1.807) is 24.3 Å². The van der Waals surface area contributed by atoms with Gasteiger partial charge in [0.25, 0.3) is 5.91 Å². The predicted octanol–water partition coefficient (Wildman–Crippen LogP) is 1.32. The largest absolute Gasteiger partial charge is 0.336 e. The lowest BCUT2D eigenvalue weighted by Gasteiger charge is -2.32. The minimum absolute atomic E-state index is 0.0471. The van der Waals surface area contributed by atoms with E-state index in [-0.39, 0.29) is 11.7 Å². The van der Waals surface area contributed by atoms with Crippen LogP contribution in [-0.4, -0.2) is 42.3 Å². The molecule has 1 aromatic carbocycles. The number of carbonyl (C=O) groups is 2. The van der Waals surface area contributed by atoms with Crippen LogP contribution in [0.2, 0.25) is 0 Å². The van der Waals surface area contributed by atoms with E-state index in [2.05, 4.69) is 12.2 Å². The van der Waals surface area contributed by atoms with Crippen molar-refractivity contribution in [1.29, 1.82) is 0 Å². The molecule has 1 aliphatic heterocycles. The monoisotopic (exact) mass is 246 g/mol. The van der Waals surface area contributed by atoms with Crippen LogP contribution < -0.4 is 5.32 Å². The Morgan fingerprint density at radius 1 is 1.28 bits per heavy atom. The van der Waals surface area contributed by atoms with E-state index >= 15 is 0 Å². The van der Waals surface area contributed by atoms with Gasteiger partial charge in [-0.05, 0) is 19.9 Å². The van der Waals surface area contributed by atoms with Gasteiger partial charge in [-0.25, -0.2) is 0 Å². The van der Waals surface area contributed by atoms with E-state index in [9.17, 15) is 9.59 Å². The fraction of sp³-hybridized carbons (Fsp3) is 0.429. The second-order valence-corrected chi connectivity index (χ2v) is 4.71. The van der Waals surface area contributed by atoms with Crippen molar-refractivity contribution in [2.24, 2.45) is 0 Å². The molecule has 0 aromatic heterocycles. The van der Waals surface area contributed by atoms with E-state index in [4.69, 9.17) is 0 Å². The van der Waals surface area contributed by atoms with Crippen molar-refractivity contribution >= 4 is 11.7 Å². The second-order valence-electron chi connectivity index (χ2n) is 4.71. The van der Waals surface area contributed by atoms with Crippen molar-refractivity contribution in [1.82, 2.24) is 10.2 Å². The molecule has 1 fully saturated rings. The number of hydrogen-bond acceptors (Lipinski definition) is 3. The number of amides is 1. The van der Waals surface area contributed by atoms with E-state index in [1.807, 2.05) is 4.90 Å². The Labute approximate surface area is 107 Å². The summed E-state index contributed by atoms with van der Waals surface area (Å²) in [6, 6.07) is 7.32. The maximum atomic E-state index is 12.4. The van der Waals surface area contributed by atoms with Crippen LogP contribution in [0.5, 0.6) is 0 Å². The zero-order valence-electron chi connectivity index (χ0n) is 10.8. The highest BCUT2D eigenvalue weighted by Crippen LogP contribution is 2.14. The van der Waals surface area contributed by atoms with Crippen molar-refractivity contribution in [2.75, 3.05) is 19.6 Å². The summed E-state index contributed by atoms with van der Waals surface area (Å²) in [4.78, 5) is 25.8. The number of piperazine rings is 1. The minimum atomic E-state index is -0.0675. The normalized spacial score (nSPS) is 19.7. The maximum absolute atomic E-state index is 12.4. The number of nitrogens with zero attached hydrogens (tertiary/aromatic N) is 1. The molecule has 1 N–H and O–H groups in total. The molecule has 0 bridgehead atoms. The first-order valence-corrected chi connectivity index (χ1v) is 6.22. The lowest BCUT2D eigenvalue weighted by Crippen LogP contribution is -2.51. The summed E-state index contributed by atoms with van der Waals surface area (Å²) < 4.78 is 0. The van der Waals surface area contributed by atoms with Crippen LogP contribution in [0.4, 0.5) is 0 Å². The number of benzene rings is 1. The van der Waals surface area contributed by atoms with Crippen molar-refractivity contribution in [3.05, 3.63) is 35.4 Å². The molecule has 1 atom stereocenters. The van der Waals surface area contributed by atoms with Gasteiger partial charge in [-0.2, -0.15) is 0 Å². The molecule has 1 unspecified atom stereocenters. The zero-order valence-corrected chi connectivity index (χ0v) is 10.8. The zero-order chi connectivity index (χ0) is 13.1. The highest BCUT2D eigenvalue weighted by Gasteiger charge is 2.23. The highest BCUT2D eigenvalue weighted by atomic mass is 16.2. The second kappa shape index (κ2) is 5.31. The average Bonchev–Trinajstić information content (AvgIpc) is 2.38. The predicted molar refractivity (Wildman–Crippen MR) is 69.8 cm³/mol. The topological polar surface area (TPSA) is 49.4 Å². The average molecular weight is 246 g/mol. The molecule has 0 spiro atoms. The number of Topliss-reactive ketones (excluding diaryl/α,β-unsaturated/α-hetero) is 1. The third-order valence-electron chi connectivity index (χ3n) is 3.19. The van der Waals surface area contributed by atoms with Crippen LogP contribution in [0.3, 0.4) is 0 Å². The molecule has 1 amide bonds. The summed E-state index contributed by atoms with van der Waals surface area (Å²) >= 11 is 0. The van der Waals surface area contributed by atoms with Gasteiger partial charge in [0.2, 0.25) is 0 Å². The summed E-state index contributed by atoms with van der Waals surface area (Å²) in [5, 5.41) is 3.29. The Morgan fingerprint density at radius 3 is 2.56 bits per heavy atom. The Balaban J connectivity index is 2.25. The quantitative estimate of drug-likeness (QED) is 0.801. The van der Waals surface area contributed by atoms with E-state index in [1.165, 1.54) is 6.92 Å². The van der Waals surface area contributed by atoms with Gasteiger partial charge in [-0.15, -0.1) is 0 Å². The Kier molecular flexibility index (Phi) is 3.77. The summed E-state index contributed by atoms with van der Waals surface area (Å²) in [6.45, 7) is 5.72. The van der Waals surface area contributed by atoms with Crippen LogP contribution >= 0.6 is 0 Å². The molecular formula is C14H18N2O2. The number of carbonyl (C=O) groups excluding carboxylic acids is 2. The molecule has 0 aliphatic carbocycles. The van der Waals surface area contributed by atoms with E-state index < -0.39 is 0 Å². The summed E-state index contributed by atoms with van der Waals surface area (Å²) in [5.41, 5.74) is 1.02. The van der Waals surface area contributed by atoms with E-state index in [0.29, 0.717) is 30.3 Å². The standard InChI is InChI=1S/C14H18N2O2/c1-10-9-16(8-7-15-10)14(18)13-6-4-3-5-12(13)11(2)17/h3-6,10,15H,7-9H2,1-2H3. The molecule has 1 heterocycles. The van der Waals surface area contributed by atoms with Gasteiger partial charge in [-0.1, -0.05) is 18.2 Å². The highest BCUT2D eigenvalue weighted by molar-refractivity contribution is 6.07. The van der Waals surface area contributed by atoms with Gasteiger partial charge >= 0.3 is 0 Å². The summed E-state index contributed by atoms with van der Waals surface area (Å²) in [7, 11) is 0. The lowest BCUT2D eigenvalue weighted by molar-refractivity contribution is 0.0705. The maximum Gasteiger partial charge on any atom is 0.254 e. The van der Waals surface area contributed by atoms with Crippen molar-refractivity contribution < 1.29 is 9.59 Å². The first kappa shape index (κ1) is 12.8. The Morgan fingerprint density at radius 2 is 1.94 bits per heavy atom. The number of ketones is 1. The molecule has 1 saturated heterocycles. The Bertz CT molecular complexity index is 471. The third kappa shape index (κ3) is 2.59. The SMILES string of the molecule is CC(=O)c1ccccc1C(=O)N1CCNC(C)C1. The molecule has 0 saturated carbocycles. The van der Waals surface area contributed by atoms with Crippen LogP contribution in [0.1, 0.15) is 34.6 Å². The van der Waals surface area contributed by atoms with Gasteiger partial charge in [0, 0.05) is 31.2 Å².